The number of hydrogen-bond donors (Lipinski definition) is 0. The van der Waals surface area contributed by atoms with Crippen LogP contribution in [-0.4, -0.2) is 23.2 Å². The molecule has 4 rings (SSSR count). The Morgan fingerprint density at radius 3 is 2.32 bits per heavy atom. The van der Waals surface area contributed by atoms with E-state index in [4.69, 9.17) is 4.74 Å². The molecule has 0 N–H and O–H groups in total. The van der Waals surface area contributed by atoms with Gasteiger partial charge in [0.1, 0.15) is 17.7 Å². The van der Waals surface area contributed by atoms with Gasteiger partial charge in [-0.2, -0.15) is 0 Å². The summed E-state index contributed by atoms with van der Waals surface area (Å²) in [7, 11) is 0. The minimum absolute atomic E-state index is 0.331. The van der Waals surface area contributed by atoms with E-state index in [9.17, 15) is 0 Å². The molecule has 2 bridgehead atoms. The second-order valence-electron chi connectivity index (χ2n) is 6.36. The molecule has 1 aromatic heterocycles. The molecule has 0 spiro atoms. The summed E-state index contributed by atoms with van der Waals surface area (Å²) < 4.78 is 6.23. The minimum Gasteiger partial charge on any atom is -0.490 e. The van der Waals surface area contributed by atoms with Gasteiger partial charge in [0.05, 0.1) is 0 Å². The number of rotatable bonds is 3. The van der Waals surface area contributed by atoms with Crippen LogP contribution < -0.4 is 9.64 Å². The van der Waals surface area contributed by atoms with Crippen molar-refractivity contribution in [1.82, 2.24) is 4.98 Å². The van der Waals surface area contributed by atoms with Crippen LogP contribution >= 0.6 is 0 Å². The fraction of sp³-hybridized carbons (Fsp3) is 0.421. The van der Waals surface area contributed by atoms with Crippen LogP contribution in [0.5, 0.6) is 5.75 Å². The van der Waals surface area contributed by atoms with Gasteiger partial charge in [0, 0.05) is 31.1 Å². The van der Waals surface area contributed by atoms with Crippen LogP contribution in [0, 0.1) is 0 Å². The predicted molar refractivity (Wildman–Crippen MR) is 88.2 cm³/mol. The summed E-state index contributed by atoms with van der Waals surface area (Å²) in [4.78, 5) is 7.13. The molecule has 114 valence electrons. The first kappa shape index (κ1) is 13.6. The Labute approximate surface area is 131 Å². The first-order valence-electron chi connectivity index (χ1n) is 8.31. The molecule has 0 aliphatic carbocycles. The van der Waals surface area contributed by atoms with Crippen LogP contribution in [0.4, 0.5) is 5.82 Å². The van der Waals surface area contributed by atoms with Crippen molar-refractivity contribution in [2.45, 2.75) is 50.3 Å². The van der Waals surface area contributed by atoms with Gasteiger partial charge in [0.25, 0.3) is 0 Å². The molecular formula is C19H22N2O. The van der Waals surface area contributed by atoms with E-state index < -0.39 is 0 Å². The van der Waals surface area contributed by atoms with Gasteiger partial charge < -0.3 is 9.64 Å². The molecular weight excluding hydrogens is 272 g/mol. The highest BCUT2D eigenvalue weighted by Crippen LogP contribution is 2.38. The highest BCUT2D eigenvalue weighted by molar-refractivity contribution is 5.42. The minimum atomic E-state index is 0.331. The lowest BCUT2D eigenvalue weighted by Gasteiger charge is -2.49. The van der Waals surface area contributed by atoms with Gasteiger partial charge in [0.2, 0.25) is 0 Å². The van der Waals surface area contributed by atoms with Crippen molar-refractivity contribution >= 4 is 5.82 Å². The molecule has 2 aliphatic heterocycles. The zero-order valence-corrected chi connectivity index (χ0v) is 12.8. The van der Waals surface area contributed by atoms with Crippen molar-refractivity contribution in [3.63, 3.8) is 0 Å². The Bertz CT molecular complexity index is 587. The SMILES string of the molecule is c1ccc(O[C@H]2C[C@H]3CCC[C@@H](C2)N3c2ccccn2)cc1. The quantitative estimate of drug-likeness (QED) is 0.854. The average Bonchev–Trinajstić information content (AvgIpc) is 2.56. The van der Waals surface area contributed by atoms with E-state index in [0.717, 1.165) is 24.4 Å². The molecule has 3 atom stereocenters. The number of hydrogen-bond acceptors (Lipinski definition) is 3. The summed E-state index contributed by atoms with van der Waals surface area (Å²) in [6.45, 7) is 0. The molecule has 3 heteroatoms. The molecule has 3 nitrogen and oxygen atoms in total. The van der Waals surface area contributed by atoms with Crippen molar-refractivity contribution in [2.24, 2.45) is 0 Å². The lowest BCUT2D eigenvalue weighted by Crippen LogP contribution is -2.55. The average molecular weight is 294 g/mol. The number of fused-ring (bicyclic) bond motifs is 2. The van der Waals surface area contributed by atoms with Gasteiger partial charge in [-0.1, -0.05) is 24.3 Å². The molecule has 22 heavy (non-hydrogen) atoms. The second kappa shape index (κ2) is 5.99. The summed E-state index contributed by atoms with van der Waals surface area (Å²) in [6, 6.07) is 17.6. The Kier molecular flexibility index (Phi) is 3.71. The van der Waals surface area contributed by atoms with Gasteiger partial charge >= 0.3 is 0 Å². The summed E-state index contributed by atoms with van der Waals surface area (Å²) in [6.07, 6.45) is 8.26. The maximum atomic E-state index is 6.23. The van der Waals surface area contributed by atoms with E-state index in [1.165, 1.54) is 19.3 Å². The standard InChI is InChI=1S/C19H22N2O/c1-2-9-17(10-3-1)22-18-13-15-7-6-8-16(14-18)21(15)19-11-4-5-12-20-19/h1-5,9-12,15-16,18H,6-8,13-14H2/t15-,16+,18+. The summed E-state index contributed by atoms with van der Waals surface area (Å²) in [5, 5.41) is 0. The maximum Gasteiger partial charge on any atom is 0.128 e. The van der Waals surface area contributed by atoms with E-state index in [-0.39, 0.29) is 0 Å². The lowest BCUT2D eigenvalue weighted by atomic mass is 9.83. The molecule has 3 heterocycles. The molecule has 1 aromatic carbocycles. The van der Waals surface area contributed by atoms with E-state index in [1.807, 2.05) is 30.5 Å². The third kappa shape index (κ3) is 2.68. The monoisotopic (exact) mass is 294 g/mol. The largest absolute Gasteiger partial charge is 0.490 e. The van der Waals surface area contributed by atoms with Crippen LogP contribution in [0.15, 0.2) is 54.7 Å². The highest BCUT2D eigenvalue weighted by atomic mass is 16.5. The first-order valence-corrected chi connectivity index (χ1v) is 8.31. The normalized spacial score (nSPS) is 27.5. The van der Waals surface area contributed by atoms with E-state index >= 15 is 0 Å². The molecule has 0 amide bonds. The van der Waals surface area contributed by atoms with Crippen molar-refractivity contribution in [3.8, 4) is 5.75 Å². The van der Waals surface area contributed by atoms with Crippen molar-refractivity contribution in [1.29, 1.82) is 0 Å². The third-order valence-corrected chi connectivity index (χ3v) is 4.89. The van der Waals surface area contributed by atoms with Crippen LogP contribution in [-0.2, 0) is 0 Å². The Morgan fingerprint density at radius 2 is 1.64 bits per heavy atom. The summed E-state index contributed by atoms with van der Waals surface area (Å²) >= 11 is 0. The molecule has 0 saturated carbocycles. The third-order valence-electron chi connectivity index (χ3n) is 4.89. The van der Waals surface area contributed by atoms with Gasteiger partial charge in [0.15, 0.2) is 0 Å². The van der Waals surface area contributed by atoms with Gasteiger partial charge in [-0.3, -0.25) is 0 Å². The number of nitrogens with zero attached hydrogens (tertiary/aromatic N) is 2. The molecule has 2 aromatic rings. The predicted octanol–water partition coefficient (Wildman–Crippen LogP) is 4.05. The van der Waals surface area contributed by atoms with Crippen LogP contribution in [0.25, 0.3) is 0 Å². The smallest absolute Gasteiger partial charge is 0.128 e. The fourth-order valence-electron chi connectivity index (χ4n) is 4.00. The topological polar surface area (TPSA) is 25.4 Å². The van der Waals surface area contributed by atoms with E-state index in [0.29, 0.717) is 18.2 Å². The maximum absolute atomic E-state index is 6.23. The van der Waals surface area contributed by atoms with Crippen LogP contribution in [0.1, 0.15) is 32.1 Å². The molecule has 0 radical (unpaired) electrons. The summed E-state index contributed by atoms with van der Waals surface area (Å²) in [5.74, 6) is 2.13. The van der Waals surface area contributed by atoms with Crippen LogP contribution in [0.2, 0.25) is 0 Å². The fourth-order valence-corrected chi connectivity index (χ4v) is 4.00. The van der Waals surface area contributed by atoms with Gasteiger partial charge in [-0.25, -0.2) is 4.98 Å². The number of pyridine rings is 1. The second-order valence-corrected chi connectivity index (χ2v) is 6.36. The number of piperidine rings is 2. The van der Waals surface area contributed by atoms with Gasteiger partial charge in [-0.05, 0) is 43.5 Å². The lowest BCUT2D eigenvalue weighted by molar-refractivity contribution is 0.113. The summed E-state index contributed by atoms with van der Waals surface area (Å²) in [5.41, 5.74) is 0. The number of benzene rings is 1. The van der Waals surface area contributed by atoms with E-state index in [2.05, 4.69) is 34.1 Å². The van der Waals surface area contributed by atoms with Crippen molar-refractivity contribution < 1.29 is 4.74 Å². The molecule has 2 saturated heterocycles. The number of anilines is 1. The first-order chi connectivity index (χ1) is 10.9. The molecule has 2 fully saturated rings. The number of aromatic nitrogens is 1. The Balaban J connectivity index is 1.51. The molecule has 0 unspecified atom stereocenters. The molecule has 2 aliphatic rings. The van der Waals surface area contributed by atoms with Crippen molar-refractivity contribution in [3.05, 3.63) is 54.7 Å². The zero-order valence-electron chi connectivity index (χ0n) is 12.8. The van der Waals surface area contributed by atoms with Crippen LogP contribution in [0.3, 0.4) is 0 Å². The van der Waals surface area contributed by atoms with Gasteiger partial charge in [-0.15, -0.1) is 0 Å². The zero-order chi connectivity index (χ0) is 14.8. The number of para-hydroxylation sites is 1. The highest BCUT2D eigenvalue weighted by Gasteiger charge is 2.39. The van der Waals surface area contributed by atoms with Crippen molar-refractivity contribution in [2.75, 3.05) is 4.90 Å². The number of ether oxygens (including phenoxy) is 1. The Morgan fingerprint density at radius 1 is 0.909 bits per heavy atom. The Hall–Kier alpha value is -2.03. The van der Waals surface area contributed by atoms with E-state index in [1.54, 1.807) is 0 Å².